The normalized spacial score (nSPS) is 12.1. The van der Waals surface area contributed by atoms with Crippen LogP contribution in [0.3, 0.4) is 0 Å². The Balaban J connectivity index is 2.98. The third kappa shape index (κ3) is 1.42. The highest BCUT2D eigenvalue weighted by Crippen LogP contribution is 2.23. The number of benzene rings is 1. The highest BCUT2D eigenvalue weighted by atomic mass is 35.7. The molecular formula is C7H4ClNO4S. The van der Waals surface area contributed by atoms with Gasteiger partial charge in [-0.05, 0) is 12.1 Å². The molecule has 1 N–H and O–H groups in total. The molecule has 0 radical (unpaired) electrons. The van der Waals surface area contributed by atoms with Crippen LogP contribution in [0, 0.1) is 0 Å². The summed E-state index contributed by atoms with van der Waals surface area (Å²) in [6.07, 6.45) is 0. The van der Waals surface area contributed by atoms with Crippen LogP contribution in [0.25, 0.3) is 11.1 Å². The van der Waals surface area contributed by atoms with Gasteiger partial charge >= 0.3 is 5.76 Å². The second-order valence-electron chi connectivity index (χ2n) is 2.59. The summed E-state index contributed by atoms with van der Waals surface area (Å²) < 4.78 is 26.7. The second-order valence-corrected chi connectivity index (χ2v) is 5.12. The lowest BCUT2D eigenvalue weighted by atomic mass is 10.3. The molecule has 0 fully saturated rings. The molecule has 0 bridgehead atoms. The molecule has 0 amide bonds. The van der Waals surface area contributed by atoms with Gasteiger partial charge < -0.3 is 4.42 Å². The molecule has 0 aliphatic heterocycles. The van der Waals surface area contributed by atoms with E-state index >= 15 is 0 Å². The van der Waals surface area contributed by atoms with E-state index in [2.05, 4.69) is 9.40 Å². The lowest BCUT2D eigenvalue weighted by molar-refractivity contribution is 0.546. The molecule has 0 atom stereocenters. The van der Waals surface area contributed by atoms with Crippen LogP contribution in [-0.4, -0.2) is 13.4 Å². The molecule has 1 heterocycles. The summed E-state index contributed by atoms with van der Waals surface area (Å²) >= 11 is 0. The zero-order chi connectivity index (χ0) is 10.3. The SMILES string of the molecule is O=c1[nH]c2cccc(S(=O)(=O)Cl)c2o1. The van der Waals surface area contributed by atoms with Crippen LogP contribution in [0.5, 0.6) is 0 Å². The predicted molar refractivity (Wildman–Crippen MR) is 49.9 cm³/mol. The van der Waals surface area contributed by atoms with Crippen molar-refractivity contribution in [3.8, 4) is 0 Å². The third-order valence-electron chi connectivity index (χ3n) is 1.67. The third-order valence-corrected chi connectivity index (χ3v) is 3.02. The van der Waals surface area contributed by atoms with Gasteiger partial charge in [0, 0.05) is 10.7 Å². The van der Waals surface area contributed by atoms with E-state index in [-0.39, 0.29) is 10.5 Å². The average molecular weight is 234 g/mol. The minimum atomic E-state index is -3.90. The van der Waals surface area contributed by atoms with Crippen molar-refractivity contribution in [2.45, 2.75) is 4.90 Å². The number of oxazole rings is 1. The molecule has 14 heavy (non-hydrogen) atoms. The number of aromatic nitrogens is 1. The van der Waals surface area contributed by atoms with Crippen LogP contribution in [-0.2, 0) is 9.05 Å². The Morgan fingerprint density at radius 2 is 2.07 bits per heavy atom. The zero-order valence-corrected chi connectivity index (χ0v) is 8.22. The quantitative estimate of drug-likeness (QED) is 0.747. The van der Waals surface area contributed by atoms with E-state index in [1.807, 2.05) is 0 Å². The Morgan fingerprint density at radius 1 is 1.36 bits per heavy atom. The van der Waals surface area contributed by atoms with Gasteiger partial charge in [-0.15, -0.1) is 0 Å². The number of nitrogens with one attached hydrogen (secondary N) is 1. The van der Waals surface area contributed by atoms with Gasteiger partial charge in [0.2, 0.25) is 0 Å². The topological polar surface area (TPSA) is 80.1 Å². The lowest BCUT2D eigenvalue weighted by Crippen LogP contribution is -1.93. The van der Waals surface area contributed by atoms with Crippen molar-refractivity contribution in [3.05, 3.63) is 28.7 Å². The van der Waals surface area contributed by atoms with Crippen LogP contribution in [0.15, 0.2) is 32.3 Å². The second kappa shape index (κ2) is 2.86. The Morgan fingerprint density at radius 3 is 2.71 bits per heavy atom. The lowest BCUT2D eigenvalue weighted by Gasteiger charge is -1.94. The van der Waals surface area contributed by atoms with Crippen molar-refractivity contribution in [1.29, 1.82) is 0 Å². The van der Waals surface area contributed by atoms with Crippen LogP contribution < -0.4 is 5.76 Å². The number of H-pyrrole nitrogens is 1. The van der Waals surface area contributed by atoms with E-state index in [0.29, 0.717) is 5.52 Å². The van der Waals surface area contributed by atoms with Crippen molar-refractivity contribution in [2.75, 3.05) is 0 Å². The van der Waals surface area contributed by atoms with Gasteiger partial charge in [-0.1, -0.05) is 6.07 Å². The Kier molecular flexibility index (Phi) is 1.90. The molecule has 0 saturated carbocycles. The molecule has 0 unspecified atom stereocenters. The summed E-state index contributed by atoms with van der Waals surface area (Å²) in [6, 6.07) is 4.25. The van der Waals surface area contributed by atoms with Gasteiger partial charge in [0.25, 0.3) is 9.05 Å². The Bertz CT molecular complexity index is 639. The number of aromatic amines is 1. The fourth-order valence-electron chi connectivity index (χ4n) is 1.14. The van der Waals surface area contributed by atoms with E-state index in [0.717, 1.165) is 0 Å². The van der Waals surface area contributed by atoms with Crippen molar-refractivity contribution < 1.29 is 12.8 Å². The summed E-state index contributed by atoms with van der Waals surface area (Å²) in [5.41, 5.74) is 0.254. The minimum absolute atomic E-state index is 0.0486. The summed E-state index contributed by atoms with van der Waals surface area (Å²) in [5.74, 6) is -0.715. The number of hydrogen-bond acceptors (Lipinski definition) is 4. The van der Waals surface area contributed by atoms with E-state index in [4.69, 9.17) is 10.7 Å². The minimum Gasteiger partial charge on any atom is -0.406 e. The maximum absolute atomic E-state index is 11.0. The number of hydrogen-bond donors (Lipinski definition) is 1. The van der Waals surface area contributed by atoms with Gasteiger partial charge in [-0.25, -0.2) is 13.2 Å². The molecule has 0 spiro atoms. The molecule has 0 aliphatic carbocycles. The average Bonchev–Trinajstić information content (AvgIpc) is 2.41. The van der Waals surface area contributed by atoms with Crippen LogP contribution >= 0.6 is 10.7 Å². The first-order chi connectivity index (χ1) is 6.48. The Hall–Kier alpha value is -1.27. The first-order valence-corrected chi connectivity index (χ1v) is 5.86. The fourth-order valence-corrected chi connectivity index (χ4v) is 2.12. The van der Waals surface area contributed by atoms with E-state index in [1.54, 1.807) is 0 Å². The van der Waals surface area contributed by atoms with Crippen molar-refractivity contribution in [3.63, 3.8) is 0 Å². The van der Waals surface area contributed by atoms with Crippen LogP contribution in [0.2, 0.25) is 0 Å². The summed E-state index contributed by atoms with van der Waals surface area (Å²) in [5, 5.41) is 0. The van der Waals surface area contributed by atoms with Gasteiger partial charge in [-0.2, -0.15) is 0 Å². The van der Waals surface area contributed by atoms with E-state index < -0.39 is 14.8 Å². The molecule has 1 aromatic carbocycles. The van der Waals surface area contributed by atoms with E-state index in [1.165, 1.54) is 18.2 Å². The number of para-hydroxylation sites is 1. The van der Waals surface area contributed by atoms with Gasteiger partial charge in [0.15, 0.2) is 5.58 Å². The summed E-state index contributed by atoms with van der Waals surface area (Å²) in [6.45, 7) is 0. The molecule has 5 nitrogen and oxygen atoms in total. The molecular weight excluding hydrogens is 230 g/mol. The largest absolute Gasteiger partial charge is 0.417 e. The Labute approximate surface area is 82.7 Å². The highest BCUT2D eigenvalue weighted by Gasteiger charge is 2.17. The summed E-state index contributed by atoms with van der Waals surface area (Å²) in [7, 11) is 1.25. The van der Waals surface area contributed by atoms with E-state index in [9.17, 15) is 13.2 Å². The van der Waals surface area contributed by atoms with Gasteiger partial charge in [-0.3, -0.25) is 4.98 Å². The van der Waals surface area contributed by atoms with Crippen molar-refractivity contribution in [2.24, 2.45) is 0 Å². The smallest absolute Gasteiger partial charge is 0.406 e. The maximum Gasteiger partial charge on any atom is 0.417 e. The number of rotatable bonds is 1. The molecule has 7 heteroatoms. The first-order valence-electron chi connectivity index (χ1n) is 3.55. The highest BCUT2D eigenvalue weighted by molar-refractivity contribution is 8.13. The van der Waals surface area contributed by atoms with Crippen molar-refractivity contribution >= 4 is 30.8 Å². The van der Waals surface area contributed by atoms with Crippen molar-refractivity contribution in [1.82, 2.24) is 4.98 Å². The molecule has 2 rings (SSSR count). The summed E-state index contributed by atoms with van der Waals surface area (Å²) in [4.78, 5) is 12.9. The van der Waals surface area contributed by atoms with Gasteiger partial charge in [0.1, 0.15) is 4.90 Å². The number of halogens is 1. The number of fused-ring (bicyclic) bond motifs is 1. The molecule has 0 aliphatic rings. The van der Waals surface area contributed by atoms with Crippen LogP contribution in [0.4, 0.5) is 0 Å². The fraction of sp³-hybridized carbons (Fsp3) is 0. The van der Waals surface area contributed by atoms with Crippen LogP contribution in [0.1, 0.15) is 0 Å². The first kappa shape index (κ1) is 9.29. The maximum atomic E-state index is 11.0. The zero-order valence-electron chi connectivity index (χ0n) is 6.65. The molecule has 1 aromatic heterocycles. The molecule has 74 valence electrons. The molecule has 0 saturated heterocycles. The predicted octanol–water partition coefficient (Wildman–Crippen LogP) is 1.05. The monoisotopic (exact) mass is 233 g/mol. The molecule has 2 aromatic rings. The van der Waals surface area contributed by atoms with Gasteiger partial charge in [0.05, 0.1) is 5.52 Å². The standard InChI is InChI=1S/C7H4ClNO4S/c8-14(11,12)5-3-1-2-4-6(5)13-7(10)9-4/h1-3H,(H,9,10).